The summed E-state index contributed by atoms with van der Waals surface area (Å²) in [5, 5.41) is 13.6. The fourth-order valence-electron chi connectivity index (χ4n) is 3.68. The second kappa shape index (κ2) is 11.4. The van der Waals surface area contributed by atoms with Gasteiger partial charge in [0.05, 0.1) is 30.7 Å². The van der Waals surface area contributed by atoms with E-state index < -0.39 is 0 Å². The number of carbonyl (C=O) groups is 1. The molecule has 0 aliphatic rings. The first-order valence-corrected chi connectivity index (χ1v) is 11.6. The average molecular weight is 501 g/mol. The minimum absolute atomic E-state index is 0.123. The first-order valence-electron chi connectivity index (χ1n) is 10.4. The second-order valence-electron chi connectivity index (χ2n) is 7.71. The number of thioether (sulfide) groups is 1. The lowest BCUT2D eigenvalue weighted by molar-refractivity contribution is 0.108. The molecule has 0 fully saturated rings. The predicted octanol–water partition coefficient (Wildman–Crippen LogP) is 7.68. The fraction of sp³-hybridized carbons (Fsp3) is 0.240. The number of hydrogen-bond acceptors (Lipinski definition) is 8. The maximum Gasteiger partial charge on any atom is 0.220 e. The molecular weight excluding hydrogens is 476 g/mol. The number of carbonyl (C=O) groups excluding carboxylic acids is 1. The largest absolute Gasteiger partial charge is 0.496 e. The van der Waals surface area contributed by atoms with Crippen LogP contribution in [0, 0.1) is 4.91 Å². The number of allylic oxidation sites excluding steroid dienone is 2. The van der Waals surface area contributed by atoms with E-state index in [4.69, 9.17) is 21.1 Å². The summed E-state index contributed by atoms with van der Waals surface area (Å²) in [5.41, 5.74) is 4.81. The molecule has 0 saturated heterocycles. The van der Waals surface area contributed by atoms with Gasteiger partial charge in [-0.25, -0.2) is 0 Å². The summed E-state index contributed by atoms with van der Waals surface area (Å²) in [4.78, 5) is 24.8. The molecule has 1 unspecified atom stereocenters. The number of nitroso groups, excluding NO2 is 1. The SMILES string of the molecule is COc1cc(C(CC=C(C)C)SC(=O)c2cccc(Cl)c2)c(OC)c2c(N=O)ccc(NO)c12. The molecule has 0 amide bonds. The maximum atomic E-state index is 13.2. The van der Waals surface area contributed by atoms with Gasteiger partial charge in [-0.15, -0.1) is 4.91 Å². The van der Waals surface area contributed by atoms with Gasteiger partial charge in [0.2, 0.25) is 5.12 Å². The molecule has 178 valence electrons. The van der Waals surface area contributed by atoms with E-state index in [0.29, 0.717) is 50.5 Å². The Labute approximate surface area is 207 Å². The van der Waals surface area contributed by atoms with Crippen molar-refractivity contribution in [3.8, 4) is 11.5 Å². The summed E-state index contributed by atoms with van der Waals surface area (Å²) in [6.45, 7) is 3.96. The summed E-state index contributed by atoms with van der Waals surface area (Å²) in [6, 6.07) is 11.5. The zero-order valence-electron chi connectivity index (χ0n) is 19.2. The van der Waals surface area contributed by atoms with Crippen LogP contribution in [0.3, 0.4) is 0 Å². The highest BCUT2D eigenvalue weighted by molar-refractivity contribution is 8.14. The quantitative estimate of drug-likeness (QED) is 0.176. The molecule has 3 rings (SSSR count). The van der Waals surface area contributed by atoms with E-state index >= 15 is 0 Å². The van der Waals surface area contributed by atoms with Crippen LogP contribution in [0.15, 0.2) is 59.3 Å². The van der Waals surface area contributed by atoms with Crippen molar-refractivity contribution in [3.05, 3.63) is 75.2 Å². The number of benzene rings is 3. The van der Waals surface area contributed by atoms with Crippen LogP contribution < -0.4 is 15.0 Å². The van der Waals surface area contributed by atoms with Crippen LogP contribution >= 0.6 is 23.4 Å². The molecular formula is C25H25ClN2O5S. The third-order valence-electron chi connectivity index (χ3n) is 5.25. The molecule has 3 aromatic rings. The summed E-state index contributed by atoms with van der Waals surface area (Å²) in [6.07, 6.45) is 2.55. The topological polar surface area (TPSA) is 97.2 Å². The average Bonchev–Trinajstić information content (AvgIpc) is 2.84. The van der Waals surface area contributed by atoms with Crippen LogP contribution in [-0.4, -0.2) is 24.5 Å². The van der Waals surface area contributed by atoms with Gasteiger partial charge in [-0.3, -0.25) is 15.5 Å². The van der Waals surface area contributed by atoms with Gasteiger partial charge in [-0.2, -0.15) is 0 Å². The molecule has 3 aromatic carbocycles. The number of fused-ring (bicyclic) bond motifs is 1. The number of halogens is 1. The number of nitrogens with one attached hydrogen (secondary N) is 1. The minimum Gasteiger partial charge on any atom is -0.496 e. The lowest BCUT2D eigenvalue weighted by Gasteiger charge is -2.22. The van der Waals surface area contributed by atoms with Crippen LogP contribution in [0.2, 0.25) is 5.02 Å². The van der Waals surface area contributed by atoms with Crippen molar-refractivity contribution >= 4 is 50.6 Å². The molecule has 0 bridgehead atoms. The van der Waals surface area contributed by atoms with Gasteiger partial charge in [0.25, 0.3) is 0 Å². The summed E-state index contributed by atoms with van der Waals surface area (Å²) in [5.74, 6) is 0.770. The van der Waals surface area contributed by atoms with Crippen LogP contribution in [0.1, 0.15) is 41.4 Å². The Hall–Kier alpha value is -3.07. The Morgan fingerprint density at radius 1 is 1.18 bits per heavy atom. The zero-order chi connectivity index (χ0) is 24.8. The van der Waals surface area contributed by atoms with Gasteiger partial charge >= 0.3 is 0 Å². The van der Waals surface area contributed by atoms with Gasteiger partial charge in [0.1, 0.15) is 17.2 Å². The monoisotopic (exact) mass is 500 g/mol. The molecule has 0 saturated carbocycles. The Kier molecular flexibility index (Phi) is 8.55. The number of nitrogens with zero attached hydrogens (tertiary/aromatic N) is 1. The number of ether oxygens (including phenoxy) is 2. The summed E-state index contributed by atoms with van der Waals surface area (Å²) >= 11 is 7.22. The Bertz CT molecular complexity index is 1260. The van der Waals surface area contributed by atoms with Crippen molar-refractivity contribution in [1.29, 1.82) is 0 Å². The van der Waals surface area contributed by atoms with Crippen LogP contribution in [0.25, 0.3) is 10.8 Å². The van der Waals surface area contributed by atoms with E-state index in [2.05, 4.69) is 10.7 Å². The minimum atomic E-state index is -0.375. The Balaban J connectivity index is 2.25. The summed E-state index contributed by atoms with van der Waals surface area (Å²) in [7, 11) is 2.97. The second-order valence-corrected chi connectivity index (χ2v) is 9.32. The third kappa shape index (κ3) is 5.35. The normalized spacial score (nSPS) is 11.6. The molecule has 0 spiro atoms. The lowest BCUT2D eigenvalue weighted by atomic mass is 9.97. The number of anilines is 1. The van der Waals surface area contributed by atoms with Crippen molar-refractivity contribution in [2.24, 2.45) is 5.18 Å². The van der Waals surface area contributed by atoms with E-state index in [1.54, 1.807) is 30.3 Å². The van der Waals surface area contributed by atoms with Crippen molar-refractivity contribution in [2.75, 3.05) is 19.7 Å². The highest BCUT2D eigenvalue weighted by Gasteiger charge is 2.27. The Morgan fingerprint density at radius 2 is 1.94 bits per heavy atom. The van der Waals surface area contributed by atoms with Gasteiger partial charge < -0.3 is 9.47 Å². The first kappa shape index (κ1) is 25.6. The van der Waals surface area contributed by atoms with E-state index in [1.807, 2.05) is 19.9 Å². The molecule has 7 nitrogen and oxygen atoms in total. The van der Waals surface area contributed by atoms with E-state index in [1.165, 1.54) is 26.4 Å². The molecule has 0 aliphatic heterocycles. The fourth-order valence-corrected chi connectivity index (χ4v) is 4.89. The highest BCUT2D eigenvalue weighted by Crippen LogP contribution is 2.50. The lowest BCUT2D eigenvalue weighted by Crippen LogP contribution is -2.05. The third-order valence-corrected chi connectivity index (χ3v) is 6.66. The number of methoxy groups -OCH3 is 2. The number of hydrogen-bond donors (Lipinski definition) is 2. The number of rotatable bonds is 9. The molecule has 1 atom stereocenters. The van der Waals surface area contributed by atoms with Crippen LogP contribution in [0.5, 0.6) is 11.5 Å². The van der Waals surface area contributed by atoms with Gasteiger partial charge in [-0.05, 0) is 55.8 Å². The van der Waals surface area contributed by atoms with Gasteiger partial charge in [-0.1, -0.05) is 47.1 Å². The van der Waals surface area contributed by atoms with E-state index in [9.17, 15) is 14.9 Å². The van der Waals surface area contributed by atoms with Crippen LogP contribution in [-0.2, 0) is 0 Å². The molecule has 9 heteroatoms. The molecule has 0 heterocycles. The van der Waals surface area contributed by atoms with Crippen molar-refractivity contribution in [2.45, 2.75) is 25.5 Å². The maximum absolute atomic E-state index is 13.2. The van der Waals surface area contributed by atoms with Crippen LogP contribution in [0.4, 0.5) is 11.4 Å². The van der Waals surface area contributed by atoms with Gasteiger partial charge in [0, 0.05) is 21.4 Å². The standard InChI is InChI=1S/C25H25ClN2O5S/c1-14(2)8-11-21(34-25(29)15-6-5-7-16(26)12-15)17-13-20(32-3)22-18(27-30)9-10-19(28-31)23(22)24(17)33-4/h5-10,12-13,21,27,30H,11H2,1-4H3. The van der Waals surface area contributed by atoms with Crippen molar-refractivity contribution in [1.82, 2.24) is 0 Å². The van der Waals surface area contributed by atoms with Gasteiger partial charge in [0.15, 0.2) is 0 Å². The Morgan fingerprint density at radius 3 is 2.53 bits per heavy atom. The molecule has 0 radical (unpaired) electrons. The van der Waals surface area contributed by atoms with Crippen molar-refractivity contribution < 1.29 is 19.5 Å². The molecule has 2 N–H and O–H groups in total. The first-order chi connectivity index (χ1) is 16.3. The predicted molar refractivity (Wildman–Crippen MR) is 138 cm³/mol. The summed E-state index contributed by atoms with van der Waals surface area (Å²) < 4.78 is 11.4. The smallest absolute Gasteiger partial charge is 0.220 e. The molecule has 34 heavy (non-hydrogen) atoms. The molecule has 0 aromatic heterocycles. The molecule has 0 aliphatic carbocycles. The van der Waals surface area contributed by atoms with E-state index in [-0.39, 0.29) is 16.1 Å². The zero-order valence-corrected chi connectivity index (χ0v) is 20.8. The highest BCUT2D eigenvalue weighted by atomic mass is 35.5. The van der Waals surface area contributed by atoms with Crippen molar-refractivity contribution in [3.63, 3.8) is 0 Å². The van der Waals surface area contributed by atoms with E-state index in [0.717, 1.165) is 17.3 Å².